The van der Waals surface area contributed by atoms with E-state index in [-0.39, 0.29) is 5.91 Å². The summed E-state index contributed by atoms with van der Waals surface area (Å²) in [6.07, 6.45) is 0. The summed E-state index contributed by atoms with van der Waals surface area (Å²) in [5.41, 5.74) is 4.44. The number of halogens is 1. The van der Waals surface area contributed by atoms with Crippen LogP contribution in [-0.4, -0.2) is 28.0 Å². The minimum Gasteiger partial charge on any atom is -0.351 e. The largest absolute Gasteiger partial charge is 0.351 e. The third kappa shape index (κ3) is 4.93. The monoisotopic (exact) mass is 399 g/mol. The van der Waals surface area contributed by atoms with E-state index in [2.05, 4.69) is 41.6 Å². The molecule has 27 heavy (non-hydrogen) atoms. The lowest BCUT2D eigenvalue weighted by molar-refractivity contribution is 0.0955. The van der Waals surface area contributed by atoms with Gasteiger partial charge < -0.3 is 5.32 Å². The van der Waals surface area contributed by atoms with Gasteiger partial charge in [0.25, 0.3) is 5.91 Å². The molecule has 1 heterocycles. The summed E-state index contributed by atoms with van der Waals surface area (Å²) < 4.78 is 1.60. The Morgan fingerprint density at radius 1 is 1.11 bits per heavy atom. The lowest BCUT2D eigenvalue weighted by atomic mass is 10.2. The molecule has 0 unspecified atom stereocenters. The van der Waals surface area contributed by atoms with Crippen LogP contribution in [0.1, 0.15) is 27.2 Å². The van der Waals surface area contributed by atoms with Crippen LogP contribution in [0.15, 0.2) is 54.6 Å². The van der Waals surface area contributed by atoms with E-state index in [1.165, 1.54) is 11.1 Å². The molecule has 0 atom stereocenters. The van der Waals surface area contributed by atoms with Crippen LogP contribution in [0, 0.1) is 13.8 Å². The summed E-state index contributed by atoms with van der Waals surface area (Å²) in [5, 5.41) is 7.69. The van der Waals surface area contributed by atoms with Gasteiger partial charge in [-0.25, -0.2) is 4.68 Å². The molecule has 0 radical (unpaired) electrons. The van der Waals surface area contributed by atoms with E-state index < -0.39 is 0 Å². The minimum absolute atomic E-state index is 0.185. The Hall–Kier alpha value is -2.24. The number of hydrogen-bond acceptors (Lipinski definition) is 3. The van der Waals surface area contributed by atoms with Crippen LogP contribution in [0.25, 0.3) is 5.69 Å². The lowest BCUT2D eigenvalue weighted by Crippen LogP contribution is -2.26. The van der Waals surface area contributed by atoms with Crippen LogP contribution in [0.3, 0.4) is 0 Å². The van der Waals surface area contributed by atoms with Crippen molar-refractivity contribution in [2.24, 2.45) is 0 Å². The number of aromatic nitrogens is 2. The van der Waals surface area contributed by atoms with Crippen LogP contribution in [0.2, 0.25) is 5.15 Å². The van der Waals surface area contributed by atoms with E-state index in [4.69, 9.17) is 11.6 Å². The van der Waals surface area contributed by atoms with Gasteiger partial charge in [0.15, 0.2) is 0 Å². The number of carbonyl (C=O) groups is 1. The zero-order valence-corrected chi connectivity index (χ0v) is 17.0. The van der Waals surface area contributed by atoms with Gasteiger partial charge in [0.2, 0.25) is 0 Å². The first-order chi connectivity index (χ1) is 13.1. The number of carbonyl (C=O) groups excluding carboxylic acids is 1. The Bertz CT molecular complexity index is 907. The van der Waals surface area contributed by atoms with E-state index in [0.29, 0.717) is 23.0 Å². The van der Waals surface area contributed by atoms with Crippen LogP contribution >= 0.6 is 23.4 Å². The molecule has 0 bridgehead atoms. The molecular formula is C21H22ClN3OS. The SMILES string of the molecule is Cc1ccc(CSCCNC(=O)c2c(C)nn(-c3ccccc3)c2Cl)cc1. The number of hydrogen-bond donors (Lipinski definition) is 1. The van der Waals surface area contributed by atoms with E-state index in [9.17, 15) is 4.79 Å². The highest BCUT2D eigenvalue weighted by Gasteiger charge is 2.20. The molecule has 4 nitrogen and oxygen atoms in total. The van der Waals surface area contributed by atoms with Gasteiger partial charge in [-0.3, -0.25) is 4.79 Å². The van der Waals surface area contributed by atoms with Gasteiger partial charge in [0.1, 0.15) is 5.15 Å². The summed E-state index contributed by atoms with van der Waals surface area (Å²) >= 11 is 8.22. The molecule has 0 aliphatic rings. The summed E-state index contributed by atoms with van der Waals surface area (Å²) in [6.45, 7) is 4.47. The van der Waals surface area contributed by atoms with Crippen molar-refractivity contribution in [1.29, 1.82) is 0 Å². The Balaban J connectivity index is 1.54. The standard InChI is InChI=1S/C21H22ClN3OS/c1-15-8-10-17(11-9-15)14-27-13-12-23-21(26)19-16(2)24-25(20(19)22)18-6-4-3-5-7-18/h3-11H,12-14H2,1-2H3,(H,23,26). The molecule has 2 aromatic carbocycles. The molecule has 1 N–H and O–H groups in total. The molecule has 3 rings (SSSR count). The van der Waals surface area contributed by atoms with E-state index in [1.54, 1.807) is 23.4 Å². The average Bonchev–Trinajstić information content (AvgIpc) is 2.98. The van der Waals surface area contributed by atoms with Gasteiger partial charge in [0.05, 0.1) is 16.9 Å². The molecule has 0 spiro atoms. The number of benzene rings is 2. The first-order valence-electron chi connectivity index (χ1n) is 8.78. The van der Waals surface area contributed by atoms with Gasteiger partial charge in [-0.1, -0.05) is 59.6 Å². The highest BCUT2D eigenvalue weighted by Crippen LogP contribution is 2.23. The van der Waals surface area contributed by atoms with Crippen molar-refractivity contribution in [3.8, 4) is 5.69 Å². The molecule has 1 aromatic heterocycles. The molecule has 0 saturated heterocycles. The number of amides is 1. The molecule has 0 saturated carbocycles. The van der Waals surface area contributed by atoms with Gasteiger partial charge in [-0.05, 0) is 31.5 Å². The second kappa shape index (κ2) is 9.11. The zero-order valence-electron chi connectivity index (χ0n) is 15.4. The topological polar surface area (TPSA) is 46.9 Å². The normalized spacial score (nSPS) is 10.8. The Labute approximate surface area is 168 Å². The Kier molecular flexibility index (Phi) is 6.58. The van der Waals surface area contributed by atoms with Crippen LogP contribution in [0.4, 0.5) is 0 Å². The summed E-state index contributed by atoms with van der Waals surface area (Å²) in [6, 6.07) is 18.1. The average molecular weight is 400 g/mol. The van der Waals surface area contributed by atoms with Gasteiger partial charge in [-0.2, -0.15) is 16.9 Å². The quantitative estimate of drug-likeness (QED) is 0.580. The molecule has 0 fully saturated rings. The molecule has 0 aliphatic carbocycles. The Morgan fingerprint density at radius 3 is 2.52 bits per heavy atom. The molecule has 3 aromatic rings. The third-order valence-electron chi connectivity index (χ3n) is 4.15. The van der Waals surface area contributed by atoms with Gasteiger partial charge in [0, 0.05) is 18.1 Å². The van der Waals surface area contributed by atoms with Crippen molar-refractivity contribution in [2.75, 3.05) is 12.3 Å². The number of aryl methyl sites for hydroxylation is 2. The smallest absolute Gasteiger partial charge is 0.256 e. The number of para-hydroxylation sites is 1. The fourth-order valence-electron chi connectivity index (χ4n) is 2.70. The van der Waals surface area contributed by atoms with Gasteiger partial charge >= 0.3 is 0 Å². The highest BCUT2D eigenvalue weighted by molar-refractivity contribution is 7.98. The summed E-state index contributed by atoms with van der Waals surface area (Å²) in [4.78, 5) is 12.5. The van der Waals surface area contributed by atoms with Crippen LogP contribution < -0.4 is 5.32 Å². The van der Waals surface area contributed by atoms with Crippen LogP contribution in [-0.2, 0) is 5.75 Å². The summed E-state index contributed by atoms with van der Waals surface area (Å²) in [7, 11) is 0. The fourth-order valence-corrected chi connectivity index (χ4v) is 3.87. The third-order valence-corrected chi connectivity index (χ3v) is 5.53. The second-order valence-electron chi connectivity index (χ2n) is 6.29. The number of rotatable bonds is 7. The number of thioether (sulfide) groups is 1. The maximum absolute atomic E-state index is 12.5. The zero-order chi connectivity index (χ0) is 19.2. The van der Waals surface area contributed by atoms with Crippen molar-refractivity contribution in [2.45, 2.75) is 19.6 Å². The highest BCUT2D eigenvalue weighted by atomic mass is 35.5. The minimum atomic E-state index is -0.185. The van der Waals surface area contributed by atoms with Crippen molar-refractivity contribution >= 4 is 29.3 Å². The van der Waals surface area contributed by atoms with Crippen LogP contribution in [0.5, 0.6) is 0 Å². The van der Waals surface area contributed by atoms with Crippen molar-refractivity contribution < 1.29 is 4.79 Å². The maximum Gasteiger partial charge on any atom is 0.256 e. The van der Waals surface area contributed by atoms with Crippen molar-refractivity contribution in [3.05, 3.63) is 82.1 Å². The van der Waals surface area contributed by atoms with Gasteiger partial charge in [-0.15, -0.1) is 0 Å². The predicted octanol–water partition coefficient (Wildman–Crippen LogP) is 4.81. The summed E-state index contributed by atoms with van der Waals surface area (Å²) in [5.74, 6) is 1.58. The number of nitrogens with zero attached hydrogens (tertiary/aromatic N) is 2. The maximum atomic E-state index is 12.5. The fraction of sp³-hybridized carbons (Fsp3) is 0.238. The molecule has 0 aliphatic heterocycles. The predicted molar refractivity (Wildman–Crippen MR) is 113 cm³/mol. The number of nitrogens with one attached hydrogen (secondary N) is 1. The first-order valence-corrected chi connectivity index (χ1v) is 10.3. The van der Waals surface area contributed by atoms with E-state index >= 15 is 0 Å². The molecule has 6 heteroatoms. The lowest BCUT2D eigenvalue weighted by Gasteiger charge is -2.06. The Morgan fingerprint density at radius 2 is 1.81 bits per heavy atom. The van der Waals surface area contributed by atoms with Crippen molar-refractivity contribution in [1.82, 2.24) is 15.1 Å². The molecule has 140 valence electrons. The second-order valence-corrected chi connectivity index (χ2v) is 7.76. The van der Waals surface area contributed by atoms with E-state index in [0.717, 1.165) is 17.2 Å². The van der Waals surface area contributed by atoms with E-state index in [1.807, 2.05) is 30.3 Å². The first kappa shape index (κ1) is 19.5. The molecule has 1 amide bonds. The van der Waals surface area contributed by atoms with Crippen molar-refractivity contribution in [3.63, 3.8) is 0 Å². The molecular weight excluding hydrogens is 378 g/mol.